The van der Waals surface area contributed by atoms with E-state index >= 15 is 0 Å². The van der Waals surface area contributed by atoms with Crippen molar-refractivity contribution in [2.75, 3.05) is 13.1 Å². The standard InChI is InChI=1S/C19H25N3O/c1-14-5-4-8-18-20-17(11-19(23)22(14)18)13-21-10-9-15-6-2-3-7-16(15)12-21/h4-5,8,11,15-16H,2-3,6-7,9-10,12-13H2,1H3/p+1/t15-,16-/m1/s1. The van der Waals surface area contributed by atoms with E-state index in [1.807, 2.05) is 25.1 Å². The molecule has 4 heteroatoms. The second-order valence-electron chi connectivity index (χ2n) is 7.42. The van der Waals surface area contributed by atoms with Crippen LogP contribution in [0.5, 0.6) is 0 Å². The normalized spacial score (nSPS) is 27.8. The van der Waals surface area contributed by atoms with Crippen LogP contribution in [-0.4, -0.2) is 22.5 Å². The predicted molar refractivity (Wildman–Crippen MR) is 90.7 cm³/mol. The third-order valence-corrected chi connectivity index (χ3v) is 5.85. The van der Waals surface area contributed by atoms with Gasteiger partial charge in [0.2, 0.25) is 0 Å². The summed E-state index contributed by atoms with van der Waals surface area (Å²) in [4.78, 5) is 18.7. The lowest BCUT2D eigenvalue weighted by Gasteiger charge is -2.38. The van der Waals surface area contributed by atoms with E-state index in [1.165, 1.54) is 45.2 Å². The van der Waals surface area contributed by atoms with Crippen molar-refractivity contribution in [1.29, 1.82) is 0 Å². The van der Waals surface area contributed by atoms with Gasteiger partial charge in [-0.05, 0) is 44.2 Å². The Morgan fingerprint density at radius 1 is 1.22 bits per heavy atom. The van der Waals surface area contributed by atoms with Crippen LogP contribution in [-0.2, 0) is 6.54 Å². The number of fused-ring (bicyclic) bond motifs is 2. The zero-order valence-corrected chi connectivity index (χ0v) is 13.9. The first-order valence-corrected chi connectivity index (χ1v) is 9.02. The van der Waals surface area contributed by atoms with Crippen LogP contribution in [0.15, 0.2) is 29.1 Å². The van der Waals surface area contributed by atoms with E-state index < -0.39 is 0 Å². The van der Waals surface area contributed by atoms with Gasteiger partial charge in [-0.15, -0.1) is 0 Å². The van der Waals surface area contributed by atoms with Crippen LogP contribution in [0, 0.1) is 18.8 Å². The Hall–Kier alpha value is -1.68. The van der Waals surface area contributed by atoms with Crippen molar-refractivity contribution in [2.45, 2.75) is 45.6 Å². The maximum atomic E-state index is 12.4. The average molecular weight is 312 g/mol. The van der Waals surface area contributed by atoms with Crippen LogP contribution in [0.3, 0.4) is 0 Å². The molecule has 0 aromatic carbocycles. The average Bonchev–Trinajstić information content (AvgIpc) is 2.54. The fourth-order valence-electron chi connectivity index (χ4n) is 4.67. The smallest absolute Gasteiger partial charge is 0.258 e. The number of piperidine rings is 1. The lowest BCUT2D eigenvalue weighted by molar-refractivity contribution is -0.924. The number of aryl methyl sites for hydroxylation is 1. The Labute approximate surface area is 137 Å². The van der Waals surface area contributed by atoms with Crippen molar-refractivity contribution < 1.29 is 4.90 Å². The van der Waals surface area contributed by atoms with Gasteiger partial charge in [0.25, 0.3) is 5.56 Å². The molecule has 0 spiro atoms. The molecule has 0 bridgehead atoms. The predicted octanol–water partition coefficient (Wildman–Crippen LogP) is 1.60. The number of pyridine rings is 1. The van der Waals surface area contributed by atoms with E-state index in [0.29, 0.717) is 0 Å². The third-order valence-electron chi connectivity index (χ3n) is 5.85. The molecule has 2 aromatic heterocycles. The van der Waals surface area contributed by atoms with Crippen molar-refractivity contribution in [2.24, 2.45) is 11.8 Å². The number of nitrogens with one attached hydrogen (secondary N) is 1. The quantitative estimate of drug-likeness (QED) is 0.915. The number of likely N-dealkylation sites (tertiary alicyclic amines) is 1. The molecule has 3 heterocycles. The summed E-state index contributed by atoms with van der Waals surface area (Å²) in [5, 5.41) is 0. The lowest BCUT2D eigenvalue weighted by Crippen LogP contribution is -3.12. The molecule has 2 aromatic rings. The number of hydrogen-bond acceptors (Lipinski definition) is 2. The van der Waals surface area contributed by atoms with E-state index in [2.05, 4.69) is 0 Å². The molecule has 23 heavy (non-hydrogen) atoms. The second kappa shape index (κ2) is 6.08. The van der Waals surface area contributed by atoms with Gasteiger partial charge in [-0.1, -0.05) is 18.9 Å². The minimum absolute atomic E-state index is 0.0510. The van der Waals surface area contributed by atoms with Gasteiger partial charge >= 0.3 is 0 Å². The zero-order valence-electron chi connectivity index (χ0n) is 13.9. The highest BCUT2D eigenvalue weighted by Gasteiger charge is 2.33. The van der Waals surface area contributed by atoms with Gasteiger partial charge in [0.1, 0.15) is 17.9 Å². The first-order valence-electron chi connectivity index (χ1n) is 9.02. The number of hydrogen-bond donors (Lipinski definition) is 1. The van der Waals surface area contributed by atoms with E-state index in [4.69, 9.17) is 4.98 Å². The van der Waals surface area contributed by atoms with Gasteiger partial charge in [-0.25, -0.2) is 4.98 Å². The number of nitrogens with zero attached hydrogens (tertiary/aromatic N) is 2. The largest absolute Gasteiger partial charge is 0.330 e. The summed E-state index contributed by atoms with van der Waals surface area (Å²) in [6.07, 6.45) is 7.03. The van der Waals surface area contributed by atoms with Gasteiger partial charge in [0.15, 0.2) is 0 Å². The lowest BCUT2D eigenvalue weighted by atomic mass is 9.75. The highest BCUT2D eigenvalue weighted by atomic mass is 16.1. The molecule has 1 saturated carbocycles. The summed E-state index contributed by atoms with van der Waals surface area (Å²) in [5.74, 6) is 1.86. The highest BCUT2D eigenvalue weighted by molar-refractivity contribution is 5.40. The molecule has 3 atom stereocenters. The van der Waals surface area contributed by atoms with Crippen molar-refractivity contribution in [3.05, 3.63) is 46.0 Å². The third kappa shape index (κ3) is 2.92. The molecule has 0 radical (unpaired) electrons. The maximum absolute atomic E-state index is 12.4. The summed E-state index contributed by atoms with van der Waals surface area (Å²) in [7, 11) is 0. The maximum Gasteiger partial charge on any atom is 0.258 e. The first kappa shape index (κ1) is 14.9. The van der Waals surface area contributed by atoms with E-state index in [0.717, 1.165) is 35.4 Å². The molecular weight excluding hydrogens is 286 g/mol. The molecule has 1 saturated heterocycles. The van der Waals surface area contributed by atoms with Crippen LogP contribution >= 0.6 is 0 Å². The molecule has 1 unspecified atom stereocenters. The fraction of sp³-hybridized carbons (Fsp3) is 0.579. The Morgan fingerprint density at radius 2 is 2.04 bits per heavy atom. The van der Waals surface area contributed by atoms with Gasteiger partial charge in [-0.2, -0.15) is 0 Å². The minimum Gasteiger partial charge on any atom is -0.330 e. The summed E-state index contributed by atoms with van der Waals surface area (Å²) in [6.45, 7) is 5.34. The molecule has 2 fully saturated rings. The number of aromatic nitrogens is 2. The van der Waals surface area contributed by atoms with Crippen molar-refractivity contribution >= 4 is 5.65 Å². The first-order chi connectivity index (χ1) is 11.2. The number of quaternary nitrogens is 1. The fourth-order valence-corrected chi connectivity index (χ4v) is 4.67. The Bertz CT molecular complexity index is 767. The summed E-state index contributed by atoms with van der Waals surface area (Å²) in [5.41, 5.74) is 2.72. The second-order valence-corrected chi connectivity index (χ2v) is 7.42. The molecule has 2 aliphatic rings. The van der Waals surface area contributed by atoms with E-state index in [-0.39, 0.29) is 5.56 Å². The van der Waals surface area contributed by atoms with Crippen LogP contribution in [0.2, 0.25) is 0 Å². The van der Waals surface area contributed by atoms with Crippen LogP contribution in [0.1, 0.15) is 43.5 Å². The zero-order chi connectivity index (χ0) is 15.8. The van der Waals surface area contributed by atoms with Gasteiger partial charge < -0.3 is 4.90 Å². The molecule has 1 aliphatic carbocycles. The minimum atomic E-state index is 0.0510. The van der Waals surface area contributed by atoms with Crippen molar-refractivity contribution in [3.63, 3.8) is 0 Å². The Morgan fingerprint density at radius 3 is 2.91 bits per heavy atom. The summed E-state index contributed by atoms with van der Waals surface area (Å²) < 4.78 is 1.70. The molecule has 1 N–H and O–H groups in total. The monoisotopic (exact) mass is 312 g/mol. The van der Waals surface area contributed by atoms with E-state index in [9.17, 15) is 4.79 Å². The van der Waals surface area contributed by atoms with E-state index in [1.54, 1.807) is 15.4 Å². The molecule has 122 valence electrons. The van der Waals surface area contributed by atoms with Crippen molar-refractivity contribution in [3.8, 4) is 0 Å². The highest BCUT2D eigenvalue weighted by Crippen LogP contribution is 2.32. The number of rotatable bonds is 2. The molecular formula is C19H26N3O+. The Kier molecular flexibility index (Phi) is 3.93. The SMILES string of the molecule is Cc1cccc2nc(C[NH+]3CC[C@H]4CCCC[C@@H]4C3)cc(=O)n12. The van der Waals surface area contributed by atoms with Crippen molar-refractivity contribution in [1.82, 2.24) is 9.38 Å². The summed E-state index contributed by atoms with van der Waals surface area (Å²) in [6, 6.07) is 7.59. The van der Waals surface area contributed by atoms with Gasteiger partial charge in [0.05, 0.1) is 13.1 Å². The van der Waals surface area contributed by atoms with Gasteiger partial charge in [0, 0.05) is 17.7 Å². The topological polar surface area (TPSA) is 38.8 Å². The summed E-state index contributed by atoms with van der Waals surface area (Å²) >= 11 is 0. The van der Waals surface area contributed by atoms with Gasteiger partial charge in [-0.3, -0.25) is 9.20 Å². The molecule has 4 rings (SSSR count). The molecule has 1 aliphatic heterocycles. The Balaban J connectivity index is 1.55. The molecule has 0 amide bonds. The molecule has 4 nitrogen and oxygen atoms in total. The van der Waals surface area contributed by atoms with Crippen LogP contribution in [0.25, 0.3) is 5.65 Å². The van der Waals surface area contributed by atoms with Crippen LogP contribution < -0.4 is 10.5 Å². The van der Waals surface area contributed by atoms with Crippen LogP contribution in [0.4, 0.5) is 0 Å².